The molecule has 0 bridgehead atoms. The van der Waals surface area contributed by atoms with E-state index in [9.17, 15) is 4.79 Å². The maximum atomic E-state index is 11.4. The molecule has 0 saturated heterocycles. The Morgan fingerprint density at radius 2 is 2.00 bits per heavy atom. The molecule has 0 aliphatic heterocycles. The number of hydrogen-bond acceptors (Lipinski definition) is 4. The van der Waals surface area contributed by atoms with Gasteiger partial charge in [-0.2, -0.15) is 0 Å². The van der Waals surface area contributed by atoms with Crippen LogP contribution >= 0.6 is 24.8 Å². The monoisotopic (exact) mass is 289 g/mol. The SMILES string of the molecule is COC(CN)CC(=O)NCCCN(C)C.Cl.Cl. The predicted octanol–water partition coefficient (Wildman–Crippen LogP) is 0.262. The van der Waals surface area contributed by atoms with Crippen LogP contribution in [0.15, 0.2) is 0 Å². The Morgan fingerprint density at radius 1 is 1.41 bits per heavy atom. The van der Waals surface area contributed by atoms with Crippen LogP contribution < -0.4 is 11.1 Å². The molecule has 7 heteroatoms. The molecule has 0 heterocycles. The summed E-state index contributed by atoms with van der Waals surface area (Å²) in [5, 5.41) is 2.84. The highest BCUT2D eigenvalue weighted by Crippen LogP contribution is 1.94. The van der Waals surface area contributed by atoms with E-state index in [4.69, 9.17) is 10.5 Å². The third-order valence-corrected chi connectivity index (χ3v) is 2.11. The summed E-state index contributed by atoms with van der Waals surface area (Å²) in [5.74, 6) is 0.00561. The van der Waals surface area contributed by atoms with E-state index in [0.29, 0.717) is 19.5 Å². The van der Waals surface area contributed by atoms with Crippen molar-refractivity contribution in [2.24, 2.45) is 5.73 Å². The largest absolute Gasteiger partial charge is 0.380 e. The van der Waals surface area contributed by atoms with Gasteiger partial charge >= 0.3 is 0 Å². The maximum Gasteiger partial charge on any atom is 0.222 e. The van der Waals surface area contributed by atoms with Crippen LogP contribution in [-0.2, 0) is 9.53 Å². The molecule has 17 heavy (non-hydrogen) atoms. The smallest absolute Gasteiger partial charge is 0.222 e. The third kappa shape index (κ3) is 13.9. The molecule has 5 nitrogen and oxygen atoms in total. The van der Waals surface area contributed by atoms with Crippen LogP contribution in [-0.4, -0.2) is 57.8 Å². The zero-order valence-electron chi connectivity index (χ0n) is 10.8. The molecule has 0 aliphatic rings. The van der Waals surface area contributed by atoms with Crippen LogP contribution in [0.3, 0.4) is 0 Å². The van der Waals surface area contributed by atoms with Gasteiger partial charge < -0.3 is 20.7 Å². The van der Waals surface area contributed by atoms with E-state index in [1.807, 2.05) is 14.1 Å². The van der Waals surface area contributed by atoms with E-state index >= 15 is 0 Å². The number of nitrogens with two attached hydrogens (primary N) is 1. The number of carbonyl (C=O) groups excluding carboxylic acids is 1. The topological polar surface area (TPSA) is 67.6 Å². The van der Waals surface area contributed by atoms with Crippen molar-refractivity contribution in [2.75, 3.05) is 40.8 Å². The van der Waals surface area contributed by atoms with Crippen molar-refractivity contribution in [1.82, 2.24) is 10.2 Å². The van der Waals surface area contributed by atoms with Gasteiger partial charge in [0.15, 0.2) is 0 Å². The molecular weight excluding hydrogens is 265 g/mol. The van der Waals surface area contributed by atoms with E-state index in [-0.39, 0.29) is 36.8 Å². The zero-order chi connectivity index (χ0) is 11.7. The molecule has 1 unspecified atom stereocenters. The first-order chi connectivity index (χ1) is 7.10. The van der Waals surface area contributed by atoms with Gasteiger partial charge in [0, 0.05) is 20.2 Å². The molecule has 0 aromatic rings. The fraction of sp³-hybridized carbons (Fsp3) is 0.900. The van der Waals surface area contributed by atoms with Crippen molar-refractivity contribution >= 4 is 30.7 Å². The van der Waals surface area contributed by atoms with Gasteiger partial charge in [-0.3, -0.25) is 4.79 Å². The Bertz CT molecular complexity index is 179. The number of amides is 1. The summed E-state index contributed by atoms with van der Waals surface area (Å²) in [6.07, 6.45) is 1.13. The number of nitrogens with one attached hydrogen (secondary N) is 1. The maximum absolute atomic E-state index is 11.4. The molecule has 106 valence electrons. The van der Waals surface area contributed by atoms with E-state index in [1.54, 1.807) is 7.11 Å². The standard InChI is InChI=1S/C10H23N3O2.2ClH/c1-13(2)6-4-5-12-10(14)7-9(8-11)15-3;;/h9H,4-8,11H2,1-3H3,(H,12,14);2*1H. The Hall–Kier alpha value is -0.0700. The quantitative estimate of drug-likeness (QED) is 0.629. The Balaban J connectivity index is -0.000000980. The summed E-state index contributed by atoms with van der Waals surface area (Å²) in [5.41, 5.74) is 5.41. The highest BCUT2D eigenvalue weighted by Gasteiger charge is 2.10. The fourth-order valence-corrected chi connectivity index (χ4v) is 1.16. The Morgan fingerprint density at radius 3 is 2.41 bits per heavy atom. The number of halogens is 2. The second kappa shape index (κ2) is 14.0. The summed E-state index contributed by atoms with van der Waals surface area (Å²) in [6, 6.07) is 0. The number of carbonyl (C=O) groups is 1. The van der Waals surface area contributed by atoms with E-state index < -0.39 is 0 Å². The van der Waals surface area contributed by atoms with Crippen molar-refractivity contribution in [3.63, 3.8) is 0 Å². The Kier molecular flexibility index (Phi) is 18.2. The van der Waals surface area contributed by atoms with Gasteiger partial charge in [-0.05, 0) is 27.1 Å². The first-order valence-electron chi connectivity index (χ1n) is 5.24. The van der Waals surface area contributed by atoms with Crippen LogP contribution in [0, 0.1) is 0 Å². The molecule has 0 aromatic carbocycles. The molecule has 1 atom stereocenters. The van der Waals surface area contributed by atoms with Crippen LogP contribution in [0.2, 0.25) is 0 Å². The van der Waals surface area contributed by atoms with Crippen molar-refractivity contribution in [2.45, 2.75) is 18.9 Å². The van der Waals surface area contributed by atoms with Crippen LogP contribution in [0.5, 0.6) is 0 Å². The van der Waals surface area contributed by atoms with Crippen molar-refractivity contribution in [3.05, 3.63) is 0 Å². The van der Waals surface area contributed by atoms with E-state index in [2.05, 4.69) is 10.2 Å². The van der Waals surface area contributed by atoms with Gasteiger partial charge in [0.2, 0.25) is 5.91 Å². The molecule has 0 aliphatic carbocycles. The minimum absolute atomic E-state index is 0. The van der Waals surface area contributed by atoms with Crippen LogP contribution in [0.4, 0.5) is 0 Å². The van der Waals surface area contributed by atoms with Crippen molar-refractivity contribution in [3.8, 4) is 0 Å². The summed E-state index contributed by atoms with van der Waals surface area (Å²) < 4.78 is 5.02. The second-order valence-corrected chi connectivity index (χ2v) is 3.80. The van der Waals surface area contributed by atoms with Crippen molar-refractivity contribution in [1.29, 1.82) is 0 Å². The van der Waals surface area contributed by atoms with Crippen molar-refractivity contribution < 1.29 is 9.53 Å². The minimum Gasteiger partial charge on any atom is -0.380 e. The Labute approximate surface area is 116 Å². The molecule has 3 N–H and O–H groups in total. The number of nitrogens with zero attached hydrogens (tertiary/aromatic N) is 1. The van der Waals surface area contributed by atoms with Gasteiger partial charge in [0.1, 0.15) is 0 Å². The van der Waals surface area contributed by atoms with E-state index in [0.717, 1.165) is 13.0 Å². The molecule has 0 rings (SSSR count). The molecular formula is C10H25Cl2N3O2. The highest BCUT2D eigenvalue weighted by molar-refractivity contribution is 5.85. The molecule has 0 spiro atoms. The summed E-state index contributed by atoms with van der Waals surface area (Å²) in [4.78, 5) is 13.4. The number of methoxy groups -OCH3 is 1. The lowest BCUT2D eigenvalue weighted by molar-refractivity contribution is -0.123. The predicted molar refractivity (Wildman–Crippen MR) is 75.1 cm³/mol. The van der Waals surface area contributed by atoms with Gasteiger partial charge in [-0.1, -0.05) is 0 Å². The lowest BCUT2D eigenvalue weighted by Crippen LogP contribution is -2.33. The first kappa shape index (κ1) is 22.1. The summed E-state index contributed by atoms with van der Waals surface area (Å²) in [6.45, 7) is 2.06. The second-order valence-electron chi connectivity index (χ2n) is 3.80. The molecule has 0 fully saturated rings. The molecule has 1 amide bonds. The van der Waals surface area contributed by atoms with Gasteiger partial charge in [0.25, 0.3) is 0 Å². The molecule has 0 aromatic heterocycles. The number of hydrogen-bond donors (Lipinski definition) is 2. The normalized spacial score (nSPS) is 11.4. The van der Waals surface area contributed by atoms with E-state index in [1.165, 1.54) is 0 Å². The fourth-order valence-electron chi connectivity index (χ4n) is 1.16. The van der Waals surface area contributed by atoms with Gasteiger partial charge in [-0.15, -0.1) is 24.8 Å². The highest BCUT2D eigenvalue weighted by atomic mass is 35.5. The summed E-state index contributed by atoms with van der Waals surface area (Å²) >= 11 is 0. The molecule has 0 radical (unpaired) electrons. The summed E-state index contributed by atoms with van der Waals surface area (Å²) in [7, 11) is 5.59. The van der Waals surface area contributed by atoms with Gasteiger partial charge in [-0.25, -0.2) is 0 Å². The lowest BCUT2D eigenvalue weighted by atomic mass is 10.2. The molecule has 0 saturated carbocycles. The first-order valence-corrected chi connectivity index (χ1v) is 5.24. The van der Waals surface area contributed by atoms with Crippen LogP contribution in [0.25, 0.3) is 0 Å². The average molecular weight is 290 g/mol. The minimum atomic E-state index is -0.168. The lowest BCUT2D eigenvalue weighted by Gasteiger charge is -2.13. The number of rotatable bonds is 8. The average Bonchev–Trinajstić information content (AvgIpc) is 2.20. The zero-order valence-corrected chi connectivity index (χ0v) is 12.4. The third-order valence-electron chi connectivity index (χ3n) is 2.11. The number of ether oxygens (including phenoxy) is 1. The van der Waals surface area contributed by atoms with Gasteiger partial charge in [0.05, 0.1) is 12.5 Å². The van der Waals surface area contributed by atoms with Crippen LogP contribution in [0.1, 0.15) is 12.8 Å².